The van der Waals surface area contributed by atoms with Gasteiger partial charge in [-0.25, -0.2) is 17.2 Å². The molecule has 174 valence electrons. The largest absolute Gasteiger partial charge is 0.466 e. The topological polar surface area (TPSA) is 72.5 Å². The average Bonchev–Trinajstić information content (AvgIpc) is 2.79. The molecule has 0 aromatic heterocycles. The normalized spacial score (nSPS) is 12.3. The minimum absolute atomic E-state index is 0.0772. The quantitative estimate of drug-likeness (QED) is 0.425. The van der Waals surface area contributed by atoms with E-state index in [-0.39, 0.29) is 10.9 Å². The maximum Gasteiger partial charge on any atom is 0.305 e. The zero-order valence-corrected chi connectivity index (χ0v) is 18.9. The van der Waals surface area contributed by atoms with Crippen molar-refractivity contribution in [2.45, 2.75) is 37.1 Å². The smallest absolute Gasteiger partial charge is 0.305 e. The molecular weight excluding hydrogens is 448 g/mol. The van der Waals surface area contributed by atoms with Crippen LogP contribution >= 0.6 is 0 Å². The van der Waals surface area contributed by atoms with Gasteiger partial charge in [-0.3, -0.25) is 4.79 Å². The van der Waals surface area contributed by atoms with Crippen LogP contribution in [0.2, 0.25) is 0 Å². The molecule has 0 bridgehead atoms. The van der Waals surface area contributed by atoms with Gasteiger partial charge in [0.05, 0.1) is 17.5 Å². The Morgan fingerprint density at radius 1 is 0.879 bits per heavy atom. The molecule has 0 aliphatic rings. The first kappa shape index (κ1) is 24.5. The maximum atomic E-state index is 13.5. The third-order valence-corrected chi connectivity index (χ3v) is 6.50. The van der Waals surface area contributed by atoms with E-state index in [9.17, 15) is 22.0 Å². The van der Waals surface area contributed by atoms with E-state index in [1.54, 1.807) is 19.1 Å². The van der Waals surface area contributed by atoms with Crippen LogP contribution in [0.1, 0.15) is 42.5 Å². The number of aryl methyl sites for hydroxylation is 1. The molecule has 0 aliphatic heterocycles. The monoisotopic (exact) mass is 473 g/mol. The molecule has 0 aliphatic carbocycles. The first-order chi connectivity index (χ1) is 15.8. The van der Waals surface area contributed by atoms with Crippen molar-refractivity contribution in [3.05, 3.63) is 101 Å². The van der Waals surface area contributed by atoms with Crippen molar-refractivity contribution in [3.63, 3.8) is 0 Å². The van der Waals surface area contributed by atoms with Crippen LogP contribution in [0.3, 0.4) is 0 Å². The summed E-state index contributed by atoms with van der Waals surface area (Å²) in [7, 11) is -3.98. The number of carbonyl (C=O) groups excluding carboxylic acids is 1. The van der Waals surface area contributed by atoms with Crippen LogP contribution in [0.25, 0.3) is 0 Å². The van der Waals surface area contributed by atoms with Gasteiger partial charge in [-0.05, 0) is 72.9 Å². The fourth-order valence-electron chi connectivity index (χ4n) is 3.37. The summed E-state index contributed by atoms with van der Waals surface area (Å²) in [6.45, 7) is 2.12. The Kier molecular flexibility index (Phi) is 8.30. The number of ether oxygens (including phenoxy) is 1. The van der Waals surface area contributed by atoms with Gasteiger partial charge in [-0.2, -0.15) is 4.72 Å². The fourth-order valence-corrected chi connectivity index (χ4v) is 4.58. The zero-order chi connectivity index (χ0) is 23.8. The van der Waals surface area contributed by atoms with Gasteiger partial charge < -0.3 is 4.74 Å². The first-order valence-corrected chi connectivity index (χ1v) is 12.0. The molecule has 0 fully saturated rings. The number of halogens is 2. The second-order valence-electron chi connectivity index (χ2n) is 7.46. The van der Waals surface area contributed by atoms with E-state index in [1.807, 2.05) is 12.1 Å². The van der Waals surface area contributed by atoms with Gasteiger partial charge in [0.25, 0.3) is 0 Å². The molecule has 8 heteroatoms. The minimum Gasteiger partial charge on any atom is -0.466 e. The van der Waals surface area contributed by atoms with Crippen molar-refractivity contribution in [1.29, 1.82) is 0 Å². The highest BCUT2D eigenvalue weighted by atomic mass is 32.2. The van der Waals surface area contributed by atoms with Crippen LogP contribution in [-0.4, -0.2) is 21.0 Å². The lowest BCUT2D eigenvalue weighted by Gasteiger charge is -2.20. The predicted molar refractivity (Wildman–Crippen MR) is 121 cm³/mol. The number of esters is 1. The van der Waals surface area contributed by atoms with Crippen molar-refractivity contribution in [3.8, 4) is 0 Å². The molecule has 0 saturated carbocycles. The number of sulfonamides is 1. The summed E-state index contributed by atoms with van der Waals surface area (Å²) >= 11 is 0. The van der Waals surface area contributed by atoms with E-state index in [2.05, 4.69) is 4.72 Å². The molecule has 3 aromatic carbocycles. The van der Waals surface area contributed by atoms with Crippen molar-refractivity contribution in [2.24, 2.45) is 0 Å². The summed E-state index contributed by atoms with van der Waals surface area (Å²) in [4.78, 5) is 11.4. The lowest BCUT2D eigenvalue weighted by molar-refractivity contribution is -0.143. The van der Waals surface area contributed by atoms with Crippen LogP contribution in [0.15, 0.2) is 77.7 Å². The van der Waals surface area contributed by atoms with E-state index in [0.29, 0.717) is 37.0 Å². The molecule has 0 saturated heterocycles. The molecule has 0 heterocycles. The third-order valence-electron chi connectivity index (χ3n) is 5.07. The van der Waals surface area contributed by atoms with E-state index in [1.165, 1.54) is 36.4 Å². The second-order valence-corrected chi connectivity index (χ2v) is 9.17. The molecule has 0 radical (unpaired) electrons. The Hall–Kier alpha value is -3.10. The van der Waals surface area contributed by atoms with Crippen molar-refractivity contribution >= 4 is 16.0 Å². The number of hydrogen-bond acceptors (Lipinski definition) is 4. The average molecular weight is 474 g/mol. The van der Waals surface area contributed by atoms with E-state index < -0.39 is 27.7 Å². The summed E-state index contributed by atoms with van der Waals surface area (Å²) in [6.07, 6.45) is 1.63. The molecule has 3 aromatic rings. The van der Waals surface area contributed by atoms with Crippen LogP contribution in [-0.2, 0) is 26.0 Å². The van der Waals surface area contributed by atoms with Crippen molar-refractivity contribution in [2.75, 3.05) is 6.61 Å². The van der Waals surface area contributed by atoms with Gasteiger partial charge in [-0.1, -0.05) is 36.4 Å². The van der Waals surface area contributed by atoms with Gasteiger partial charge in [0.1, 0.15) is 11.6 Å². The van der Waals surface area contributed by atoms with E-state index in [4.69, 9.17) is 4.74 Å². The molecule has 33 heavy (non-hydrogen) atoms. The molecule has 1 N–H and O–H groups in total. The van der Waals surface area contributed by atoms with Gasteiger partial charge >= 0.3 is 5.97 Å². The van der Waals surface area contributed by atoms with Crippen LogP contribution in [0, 0.1) is 11.6 Å². The number of rotatable bonds is 10. The zero-order valence-electron chi connectivity index (χ0n) is 18.1. The Labute approximate surface area is 192 Å². The SMILES string of the molecule is CCOC(=O)CCCc1ccc(C(NS(=O)(=O)c2ccc(F)cc2)c2ccc(F)cc2)cc1. The van der Waals surface area contributed by atoms with E-state index in [0.717, 1.165) is 17.7 Å². The Morgan fingerprint density at radius 2 is 1.39 bits per heavy atom. The number of carbonyl (C=O) groups is 1. The number of hydrogen-bond donors (Lipinski definition) is 1. The molecule has 0 spiro atoms. The summed E-state index contributed by atoms with van der Waals surface area (Å²) in [6, 6.07) is 16.6. The maximum absolute atomic E-state index is 13.5. The lowest BCUT2D eigenvalue weighted by Crippen LogP contribution is -2.29. The molecule has 1 atom stereocenters. The Morgan fingerprint density at radius 3 is 1.94 bits per heavy atom. The first-order valence-electron chi connectivity index (χ1n) is 10.6. The predicted octanol–water partition coefficient (Wildman–Crippen LogP) is 4.92. The third kappa shape index (κ3) is 6.94. The van der Waals surface area contributed by atoms with Crippen LogP contribution in [0.5, 0.6) is 0 Å². The Bertz CT molecular complexity index is 1160. The van der Waals surface area contributed by atoms with Gasteiger partial charge in [0.15, 0.2) is 0 Å². The van der Waals surface area contributed by atoms with Crippen molar-refractivity contribution < 1.29 is 26.7 Å². The number of benzene rings is 3. The minimum atomic E-state index is -3.98. The molecule has 0 amide bonds. The second kappa shape index (κ2) is 11.2. The summed E-state index contributed by atoms with van der Waals surface area (Å²) in [5, 5.41) is 0. The van der Waals surface area contributed by atoms with E-state index >= 15 is 0 Å². The summed E-state index contributed by atoms with van der Waals surface area (Å²) < 4.78 is 60.1. The highest BCUT2D eigenvalue weighted by Crippen LogP contribution is 2.26. The Balaban J connectivity index is 1.82. The summed E-state index contributed by atoms with van der Waals surface area (Å²) in [5.41, 5.74) is 2.20. The standard InChI is InChI=1S/C25H25F2NO4S/c1-2-32-24(29)5-3-4-18-6-8-19(9-7-18)25(20-10-12-21(26)13-11-20)28-33(30,31)23-16-14-22(27)15-17-23/h6-17,25,28H,2-5H2,1H3. The van der Waals surface area contributed by atoms with Gasteiger partial charge in [0, 0.05) is 6.42 Å². The highest BCUT2D eigenvalue weighted by molar-refractivity contribution is 7.89. The number of nitrogens with one attached hydrogen (secondary N) is 1. The molecule has 1 unspecified atom stereocenters. The van der Waals surface area contributed by atoms with Crippen LogP contribution < -0.4 is 4.72 Å². The molecule has 3 rings (SSSR count). The van der Waals surface area contributed by atoms with Gasteiger partial charge in [0.2, 0.25) is 10.0 Å². The van der Waals surface area contributed by atoms with Gasteiger partial charge in [-0.15, -0.1) is 0 Å². The fraction of sp³-hybridized carbons (Fsp3) is 0.240. The highest BCUT2D eigenvalue weighted by Gasteiger charge is 2.23. The van der Waals surface area contributed by atoms with Crippen LogP contribution in [0.4, 0.5) is 8.78 Å². The molecular formula is C25H25F2NO4S. The van der Waals surface area contributed by atoms with Crippen molar-refractivity contribution in [1.82, 2.24) is 4.72 Å². The molecule has 5 nitrogen and oxygen atoms in total. The lowest BCUT2D eigenvalue weighted by atomic mass is 9.97. The summed E-state index contributed by atoms with van der Waals surface area (Å²) in [5.74, 6) is -1.21.